The van der Waals surface area contributed by atoms with E-state index >= 15 is 0 Å². The van der Waals surface area contributed by atoms with Gasteiger partial charge in [-0.2, -0.15) is 0 Å². The van der Waals surface area contributed by atoms with Crippen LogP contribution in [0.3, 0.4) is 0 Å². The average Bonchev–Trinajstić information content (AvgIpc) is 2.36. The van der Waals surface area contributed by atoms with Gasteiger partial charge in [-0.05, 0) is 32.4 Å². The molecule has 0 aromatic heterocycles. The standard InChI is InChI=1S/C12H23N3O3/c1-2-15-7-3-4-9(8-15)14-12(18)10(13)5-6-11(16)17/h9-10H,2-8,13H2,1H3,(H,14,18)(H,16,17). The van der Waals surface area contributed by atoms with E-state index in [1.54, 1.807) is 0 Å². The van der Waals surface area contributed by atoms with Gasteiger partial charge in [-0.25, -0.2) is 0 Å². The molecule has 4 N–H and O–H groups in total. The number of carbonyl (C=O) groups is 2. The lowest BCUT2D eigenvalue weighted by Crippen LogP contribution is -2.51. The van der Waals surface area contributed by atoms with Crippen LogP contribution in [0.5, 0.6) is 0 Å². The molecule has 0 spiro atoms. The van der Waals surface area contributed by atoms with Crippen LogP contribution in [-0.2, 0) is 9.59 Å². The maximum atomic E-state index is 11.8. The van der Waals surface area contributed by atoms with Gasteiger partial charge in [0.15, 0.2) is 0 Å². The summed E-state index contributed by atoms with van der Waals surface area (Å²) in [6.07, 6.45) is 2.16. The smallest absolute Gasteiger partial charge is 0.303 e. The molecule has 1 heterocycles. The Bertz CT molecular complexity index is 296. The van der Waals surface area contributed by atoms with Crippen LogP contribution < -0.4 is 11.1 Å². The Morgan fingerprint density at radius 1 is 1.56 bits per heavy atom. The molecule has 18 heavy (non-hydrogen) atoms. The van der Waals surface area contributed by atoms with Crippen molar-refractivity contribution in [2.45, 2.75) is 44.7 Å². The summed E-state index contributed by atoms with van der Waals surface area (Å²) in [5.74, 6) is -1.16. The molecule has 0 aromatic rings. The summed E-state index contributed by atoms with van der Waals surface area (Å²) in [5, 5.41) is 11.4. The highest BCUT2D eigenvalue weighted by molar-refractivity contribution is 5.82. The Hall–Kier alpha value is -1.14. The van der Waals surface area contributed by atoms with E-state index in [2.05, 4.69) is 17.1 Å². The minimum atomic E-state index is -0.923. The van der Waals surface area contributed by atoms with Gasteiger partial charge in [0.05, 0.1) is 6.04 Å². The molecule has 0 radical (unpaired) electrons. The second kappa shape index (κ2) is 7.33. The van der Waals surface area contributed by atoms with Crippen LogP contribution in [0.25, 0.3) is 0 Å². The van der Waals surface area contributed by atoms with E-state index in [4.69, 9.17) is 10.8 Å². The van der Waals surface area contributed by atoms with E-state index in [1.165, 1.54) is 0 Å². The van der Waals surface area contributed by atoms with Gasteiger partial charge in [0.2, 0.25) is 5.91 Å². The number of piperidine rings is 1. The third-order valence-electron chi connectivity index (χ3n) is 3.31. The predicted octanol–water partition coefficient (Wildman–Crippen LogP) is -0.221. The normalized spacial score (nSPS) is 22.4. The Balaban J connectivity index is 2.32. The fourth-order valence-corrected chi connectivity index (χ4v) is 2.18. The van der Waals surface area contributed by atoms with Crippen LogP contribution in [-0.4, -0.2) is 53.6 Å². The molecule has 0 saturated carbocycles. The number of hydrogen-bond donors (Lipinski definition) is 3. The molecule has 1 fully saturated rings. The minimum Gasteiger partial charge on any atom is -0.481 e. The molecule has 1 aliphatic heterocycles. The molecule has 1 saturated heterocycles. The number of carboxylic acids is 1. The molecule has 1 amide bonds. The number of nitrogens with zero attached hydrogens (tertiary/aromatic N) is 1. The quantitative estimate of drug-likeness (QED) is 0.611. The zero-order chi connectivity index (χ0) is 13.5. The summed E-state index contributed by atoms with van der Waals surface area (Å²) in [6, 6.07) is -0.583. The maximum Gasteiger partial charge on any atom is 0.303 e. The Morgan fingerprint density at radius 2 is 2.28 bits per heavy atom. The largest absolute Gasteiger partial charge is 0.481 e. The van der Waals surface area contributed by atoms with Crippen molar-refractivity contribution in [2.24, 2.45) is 5.73 Å². The number of likely N-dealkylation sites (tertiary alicyclic amines) is 1. The lowest BCUT2D eigenvalue weighted by atomic mass is 10.0. The van der Waals surface area contributed by atoms with Gasteiger partial charge >= 0.3 is 5.97 Å². The molecule has 0 aromatic carbocycles. The number of hydrogen-bond acceptors (Lipinski definition) is 4. The highest BCUT2D eigenvalue weighted by Crippen LogP contribution is 2.09. The number of nitrogens with two attached hydrogens (primary N) is 1. The maximum absolute atomic E-state index is 11.8. The predicted molar refractivity (Wildman–Crippen MR) is 68.1 cm³/mol. The zero-order valence-electron chi connectivity index (χ0n) is 10.9. The molecule has 2 unspecified atom stereocenters. The summed E-state index contributed by atoms with van der Waals surface area (Å²) in [6.45, 7) is 5.02. The highest BCUT2D eigenvalue weighted by atomic mass is 16.4. The fraction of sp³-hybridized carbons (Fsp3) is 0.833. The van der Waals surface area contributed by atoms with E-state index in [-0.39, 0.29) is 24.8 Å². The first-order chi connectivity index (χ1) is 8.52. The summed E-state index contributed by atoms with van der Waals surface area (Å²) >= 11 is 0. The molecule has 1 rings (SSSR count). The first kappa shape index (κ1) is 14.9. The molecule has 2 atom stereocenters. The third-order valence-corrected chi connectivity index (χ3v) is 3.31. The van der Waals surface area contributed by atoms with E-state index in [0.717, 1.165) is 32.5 Å². The van der Waals surface area contributed by atoms with E-state index in [0.29, 0.717) is 0 Å². The number of carbonyl (C=O) groups excluding carboxylic acids is 1. The van der Waals surface area contributed by atoms with E-state index in [9.17, 15) is 9.59 Å². The second-order valence-corrected chi connectivity index (χ2v) is 4.78. The van der Waals surface area contributed by atoms with Crippen LogP contribution in [0.15, 0.2) is 0 Å². The SMILES string of the molecule is CCN1CCCC(NC(=O)C(N)CCC(=O)O)C1. The van der Waals surface area contributed by atoms with Crippen LogP contribution in [0.4, 0.5) is 0 Å². The van der Waals surface area contributed by atoms with Gasteiger partial charge in [-0.1, -0.05) is 6.92 Å². The van der Waals surface area contributed by atoms with Crippen molar-refractivity contribution >= 4 is 11.9 Å². The molecule has 1 aliphatic rings. The number of nitrogens with one attached hydrogen (secondary N) is 1. The van der Waals surface area contributed by atoms with Crippen molar-refractivity contribution in [1.29, 1.82) is 0 Å². The van der Waals surface area contributed by atoms with Crippen molar-refractivity contribution < 1.29 is 14.7 Å². The van der Waals surface area contributed by atoms with Gasteiger partial charge in [-0.15, -0.1) is 0 Å². The van der Waals surface area contributed by atoms with E-state index < -0.39 is 12.0 Å². The van der Waals surface area contributed by atoms with E-state index in [1.807, 2.05) is 0 Å². The number of aliphatic carboxylic acids is 1. The lowest BCUT2D eigenvalue weighted by molar-refractivity contribution is -0.137. The average molecular weight is 257 g/mol. The first-order valence-electron chi connectivity index (χ1n) is 6.53. The second-order valence-electron chi connectivity index (χ2n) is 4.78. The van der Waals surface area contributed by atoms with Crippen LogP contribution >= 0.6 is 0 Å². The van der Waals surface area contributed by atoms with Crippen molar-refractivity contribution in [2.75, 3.05) is 19.6 Å². The highest BCUT2D eigenvalue weighted by Gasteiger charge is 2.23. The Kier molecular flexibility index (Phi) is 6.07. The van der Waals surface area contributed by atoms with Crippen LogP contribution in [0.2, 0.25) is 0 Å². The topological polar surface area (TPSA) is 95.7 Å². The molecule has 0 bridgehead atoms. The van der Waals surface area contributed by atoms with Gasteiger partial charge in [-0.3, -0.25) is 9.59 Å². The third kappa shape index (κ3) is 5.01. The first-order valence-corrected chi connectivity index (χ1v) is 6.53. The van der Waals surface area contributed by atoms with Crippen LogP contribution in [0.1, 0.15) is 32.6 Å². The number of carboxylic acid groups (broad SMARTS) is 1. The molecular formula is C12H23N3O3. The minimum absolute atomic E-state index is 0.0691. The zero-order valence-corrected chi connectivity index (χ0v) is 10.9. The summed E-state index contributed by atoms with van der Waals surface area (Å²) in [7, 11) is 0. The summed E-state index contributed by atoms with van der Waals surface area (Å²) < 4.78 is 0. The number of likely N-dealkylation sites (N-methyl/N-ethyl adjacent to an activating group) is 1. The Morgan fingerprint density at radius 3 is 2.89 bits per heavy atom. The van der Waals surface area contributed by atoms with Crippen LogP contribution in [0, 0.1) is 0 Å². The molecular weight excluding hydrogens is 234 g/mol. The van der Waals surface area contributed by atoms with Crippen molar-refractivity contribution in [3.8, 4) is 0 Å². The fourth-order valence-electron chi connectivity index (χ4n) is 2.18. The molecule has 0 aliphatic carbocycles. The monoisotopic (exact) mass is 257 g/mol. The van der Waals surface area contributed by atoms with Crippen molar-refractivity contribution in [1.82, 2.24) is 10.2 Å². The molecule has 6 nitrogen and oxygen atoms in total. The van der Waals surface area contributed by atoms with Gasteiger partial charge in [0, 0.05) is 19.0 Å². The summed E-state index contributed by atoms with van der Waals surface area (Å²) in [5.41, 5.74) is 5.66. The van der Waals surface area contributed by atoms with Crippen molar-refractivity contribution in [3.05, 3.63) is 0 Å². The molecule has 104 valence electrons. The Labute approximate surface area is 108 Å². The van der Waals surface area contributed by atoms with Gasteiger partial charge in [0.1, 0.15) is 0 Å². The summed E-state index contributed by atoms with van der Waals surface area (Å²) in [4.78, 5) is 24.5. The van der Waals surface area contributed by atoms with Crippen molar-refractivity contribution in [3.63, 3.8) is 0 Å². The van der Waals surface area contributed by atoms with Gasteiger partial charge in [0.25, 0.3) is 0 Å². The number of amides is 1. The number of rotatable bonds is 6. The lowest BCUT2D eigenvalue weighted by Gasteiger charge is -2.32. The molecule has 6 heteroatoms. The van der Waals surface area contributed by atoms with Gasteiger partial charge < -0.3 is 21.1 Å².